The number of allylic oxidation sites excluding steroid dienone is 2. The maximum Gasteiger partial charge on any atom is 0.344 e. The van der Waals surface area contributed by atoms with Crippen LogP contribution in [0.5, 0.6) is 0 Å². The molecule has 0 radical (unpaired) electrons. The van der Waals surface area contributed by atoms with Crippen LogP contribution in [0.3, 0.4) is 0 Å². The summed E-state index contributed by atoms with van der Waals surface area (Å²) in [6.07, 6.45) is 8.32. The Morgan fingerprint density at radius 2 is 1.35 bits per heavy atom. The number of hydrogen-bond acceptors (Lipinski definition) is 4. The average Bonchev–Trinajstić information content (AvgIpc) is 3.62. The lowest BCUT2D eigenvalue weighted by Crippen LogP contribution is -2.35. The Morgan fingerprint density at radius 1 is 0.628 bits per heavy atom. The van der Waals surface area contributed by atoms with Gasteiger partial charge in [0.2, 0.25) is 0 Å². The number of aliphatic imine (C=N–C) groups is 1. The van der Waals surface area contributed by atoms with E-state index in [0.29, 0.717) is 11.0 Å². The van der Waals surface area contributed by atoms with Crippen molar-refractivity contribution in [2.75, 3.05) is 4.90 Å². The van der Waals surface area contributed by atoms with Gasteiger partial charge in [0.25, 0.3) is 0 Å². The molecule has 43 heavy (non-hydrogen) atoms. The van der Waals surface area contributed by atoms with Gasteiger partial charge in [0, 0.05) is 27.5 Å². The van der Waals surface area contributed by atoms with Crippen molar-refractivity contribution < 1.29 is 4.42 Å². The lowest BCUT2D eigenvalue weighted by molar-refractivity contribution is 0.572. The summed E-state index contributed by atoms with van der Waals surface area (Å²) in [6.45, 7) is 0. The third kappa shape index (κ3) is 3.52. The van der Waals surface area contributed by atoms with Crippen molar-refractivity contribution >= 4 is 54.9 Å². The standard InChI is InChI=1S/C38H25N3O2/c42-38-31-14-5-4-12-27(31)30-23-22-29-28-13-6-8-16-33(28)40(35(29)36(30)43-38)26-20-18-24(19-21-26)37-39-32-15-7-9-17-34(32)41(37)25-10-2-1-3-11-25/h1-23,34,37H. The van der Waals surface area contributed by atoms with Gasteiger partial charge >= 0.3 is 5.63 Å². The van der Waals surface area contributed by atoms with Crippen LogP contribution in [0.2, 0.25) is 0 Å². The van der Waals surface area contributed by atoms with Gasteiger partial charge in [0.05, 0.1) is 28.2 Å². The van der Waals surface area contributed by atoms with Gasteiger partial charge in [0.1, 0.15) is 6.17 Å². The SMILES string of the molecule is O=c1oc2c(ccc3c4ccccc4n(-c4ccc(C5N=C6C=CC=CC6N5c5ccccc5)cc4)c32)c2ccccc12. The molecule has 5 nitrogen and oxygen atoms in total. The van der Waals surface area contributed by atoms with Crippen molar-refractivity contribution in [3.8, 4) is 5.69 Å². The number of anilines is 1. The number of hydrogen-bond donors (Lipinski definition) is 0. The second kappa shape index (κ2) is 9.16. The predicted octanol–water partition coefficient (Wildman–Crippen LogP) is 8.50. The third-order valence-corrected chi connectivity index (χ3v) is 8.73. The van der Waals surface area contributed by atoms with Crippen LogP contribution in [0.1, 0.15) is 11.7 Å². The first kappa shape index (κ1) is 24.0. The number of para-hydroxylation sites is 2. The smallest absolute Gasteiger partial charge is 0.344 e. The van der Waals surface area contributed by atoms with Gasteiger partial charge in [0.15, 0.2) is 5.58 Å². The molecule has 204 valence electrons. The Bertz CT molecular complexity index is 2380. The highest BCUT2D eigenvalue weighted by atomic mass is 16.4. The normalized spacial score (nSPS) is 17.8. The molecule has 0 bridgehead atoms. The summed E-state index contributed by atoms with van der Waals surface area (Å²) in [7, 11) is 0. The molecule has 0 N–H and O–H groups in total. The van der Waals surface area contributed by atoms with Gasteiger partial charge in [-0.05, 0) is 59.5 Å². The zero-order valence-corrected chi connectivity index (χ0v) is 23.1. The van der Waals surface area contributed by atoms with E-state index in [0.717, 1.165) is 55.2 Å². The summed E-state index contributed by atoms with van der Waals surface area (Å²) < 4.78 is 8.31. The van der Waals surface area contributed by atoms with Crippen LogP contribution in [-0.2, 0) is 0 Å². The van der Waals surface area contributed by atoms with E-state index in [9.17, 15) is 4.79 Å². The van der Waals surface area contributed by atoms with Gasteiger partial charge in [-0.1, -0.05) is 91.0 Å². The molecule has 2 atom stereocenters. The summed E-state index contributed by atoms with van der Waals surface area (Å²) in [5, 5.41) is 4.57. The fourth-order valence-electron chi connectivity index (χ4n) is 6.82. The fourth-order valence-corrected chi connectivity index (χ4v) is 6.82. The van der Waals surface area contributed by atoms with Gasteiger partial charge in [-0.2, -0.15) is 0 Å². The van der Waals surface area contributed by atoms with E-state index in [4.69, 9.17) is 9.41 Å². The number of fused-ring (bicyclic) bond motifs is 8. The largest absolute Gasteiger partial charge is 0.420 e. The molecule has 5 aromatic carbocycles. The van der Waals surface area contributed by atoms with Crippen LogP contribution in [-0.4, -0.2) is 16.3 Å². The Labute approximate surface area is 246 Å². The molecule has 0 saturated heterocycles. The molecule has 0 fully saturated rings. The monoisotopic (exact) mass is 555 g/mol. The van der Waals surface area contributed by atoms with Crippen LogP contribution in [0.15, 0.2) is 154 Å². The minimum atomic E-state index is -0.325. The molecule has 2 aliphatic rings. The highest BCUT2D eigenvalue weighted by molar-refractivity contribution is 6.20. The van der Waals surface area contributed by atoms with E-state index in [1.807, 2.05) is 30.3 Å². The summed E-state index contributed by atoms with van der Waals surface area (Å²) in [5.41, 5.74) is 6.53. The molecule has 3 heterocycles. The minimum Gasteiger partial charge on any atom is -0.420 e. The molecule has 1 aliphatic heterocycles. The van der Waals surface area contributed by atoms with E-state index >= 15 is 0 Å². The molecule has 0 spiro atoms. The second-order valence-corrected chi connectivity index (χ2v) is 11.1. The molecular formula is C38H25N3O2. The number of aromatic nitrogens is 1. The van der Waals surface area contributed by atoms with Crippen LogP contribution >= 0.6 is 0 Å². The molecule has 2 unspecified atom stereocenters. The third-order valence-electron chi connectivity index (χ3n) is 8.73. The van der Waals surface area contributed by atoms with E-state index in [1.165, 1.54) is 0 Å². The van der Waals surface area contributed by atoms with Crippen LogP contribution in [0.4, 0.5) is 5.69 Å². The van der Waals surface area contributed by atoms with Crippen molar-refractivity contribution in [1.82, 2.24) is 4.57 Å². The summed E-state index contributed by atoms with van der Waals surface area (Å²) in [6, 6.07) is 39.4. The topological polar surface area (TPSA) is 50.7 Å². The number of nitrogens with zero attached hydrogens (tertiary/aromatic N) is 3. The minimum absolute atomic E-state index is 0.0958. The van der Waals surface area contributed by atoms with E-state index in [2.05, 4.69) is 119 Å². The molecular weight excluding hydrogens is 530 g/mol. The first-order chi connectivity index (χ1) is 21.3. The quantitative estimate of drug-likeness (QED) is 0.162. The van der Waals surface area contributed by atoms with E-state index < -0.39 is 0 Å². The molecule has 5 heteroatoms. The molecule has 0 amide bonds. The van der Waals surface area contributed by atoms with Crippen molar-refractivity contribution in [3.05, 3.63) is 156 Å². The van der Waals surface area contributed by atoms with Crippen molar-refractivity contribution in [3.63, 3.8) is 0 Å². The summed E-state index contributed by atoms with van der Waals surface area (Å²) in [5.74, 6) is 0. The number of benzene rings is 5. The molecule has 9 rings (SSSR count). The van der Waals surface area contributed by atoms with Crippen molar-refractivity contribution in [2.45, 2.75) is 12.2 Å². The zero-order valence-electron chi connectivity index (χ0n) is 23.1. The lowest BCUT2D eigenvalue weighted by Gasteiger charge is -2.31. The first-order valence-electron chi connectivity index (χ1n) is 14.5. The van der Waals surface area contributed by atoms with E-state index in [1.54, 1.807) is 0 Å². The highest BCUT2D eigenvalue weighted by Gasteiger charge is 2.35. The fraction of sp³-hybridized carbons (Fsp3) is 0.0526. The Hall–Kier alpha value is -5.68. The number of rotatable bonds is 3. The maximum atomic E-state index is 13.1. The molecule has 2 aromatic heterocycles. The lowest BCUT2D eigenvalue weighted by atomic mass is 10.0. The Kier molecular flexibility index (Phi) is 5.11. The van der Waals surface area contributed by atoms with E-state index in [-0.39, 0.29) is 17.8 Å². The van der Waals surface area contributed by atoms with Crippen molar-refractivity contribution in [1.29, 1.82) is 0 Å². The molecule has 7 aromatic rings. The average molecular weight is 556 g/mol. The van der Waals surface area contributed by atoms with Crippen molar-refractivity contribution in [2.24, 2.45) is 4.99 Å². The predicted molar refractivity (Wildman–Crippen MR) is 175 cm³/mol. The summed E-state index contributed by atoms with van der Waals surface area (Å²) in [4.78, 5) is 20.7. The van der Waals surface area contributed by atoms with Gasteiger partial charge in [-0.15, -0.1) is 0 Å². The second-order valence-electron chi connectivity index (χ2n) is 11.1. The van der Waals surface area contributed by atoms with Gasteiger partial charge in [-0.25, -0.2) is 4.79 Å². The first-order valence-corrected chi connectivity index (χ1v) is 14.5. The zero-order chi connectivity index (χ0) is 28.5. The van der Waals surface area contributed by atoms with Crippen LogP contribution < -0.4 is 10.5 Å². The Morgan fingerprint density at radius 3 is 2.19 bits per heavy atom. The van der Waals surface area contributed by atoms with Crippen LogP contribution in [0, 0.1) is 0 Å². The van der Waals surface area contributed by atoms with Gasteiger partial charge in [-0.3, -0.25) is 4.99 Å². The summed E-state index contributed by atoms with van der Waals surface area (Å²) >= 11 is 0. The molecule has 0 saturated carbocycles. The highest BCUT2D eigenvalue weighted by Crippen LogP contribution is 2.40. The van der Waals surface area contributed by atoms with Crippen LogP contribution in [0.25, 0.3) is 49.2 Å². The maximum absolute atomic E-state index is 13.1. The molecule has 1 aliphatic carbocycles. The Balaban J connectivity index is 1.25. The van der Waals surface area contributed by atoms with Gasteiger partial charge < -0.3 is 13.9 Å².